The van der Waals surface area contributed by atoms with Crippen molar-refractivity contribution in [2.75, 3.05) is 5.32 Å². The Balaban J connectivity index is 2.10. The Morgan fingerprint density at radius 3 is 2.60 bits per heavy atom. The zero-order chi connectivity index (χ0) is 14.1. The van der Waals surface area contributed by atoms with Crippen molar-refractivity contribution in [3.05, 3.63) is 42.2 Å². The van der Waals surface area contributed by atoms with Crippen LogP contribution in [0.25, 0.3) is 22.2 Å². The Morgan fingerprint density at radius 1 is 1.10 bits per heavy atom. The van der Waals surface area contributed by atoms with Crippen LogP contribution in [-0.4, -0.2) is 16.2 Å². The SMILES string of the molecule is CC(C)Nc1nc(-c2ccc(F)c3ccccc23)no1. The van der Waals surface area contributed by atoms with Crippen molar-refractivity contribution < 1.29 is 8.91 Å². The first-order valence-corrected chi connectivity index (χ1v) is 6.43. The Hall–Kier alpha value is -2.43. The molecular formula is C15H14FN3O. The average molecular weight is 271 g/mol. The Bertz CT molecular complexity index is 752. The number of aromatic nitrogens is 2. The Labute approximate surface area is 115 Å². The summed E-state index contributed by atoms with van der Waals surface area (Å²) in [4.78, 5) is 4.29. The summed E-state index contributed by atoms with van der Waals surface area (Å²) in [6, 6.07) is 10.9. The molecule has 0 spiro atoms. The van der Waals surface area contributed by atoms with Crippen molar-refractivity contribution in [2.45, 2.75) is 19.9 Å². The van der Waals surface area contributed by atoms with Crippen LogP contribution in [-0.2, 0) is 0 Å². The summed E-state index contributed by atoms with van der Waals surface area (Å²) in [7, 11) is 0. The fraction of sp³-hybridized carbons (Fsp3) is 0.200. The highest BCUT2D eigenvalue weighted by atomic mass is 19.1. The van der Waals surface area contributed by atoms with E-state index in [0.29, 0.717) is 17.2 Å². The molecule has 3 aromatic rings. The van der Waals surface area contributed by atoms with Gasteiger partial charge in [0.25, 0.3) is 0 Å². The molecule has 0 aliphatic carbocycles. The van der Waals surface area contributed by atoms with Gasteiger partial charge in [-0.25, -0.2) is 4.39 Å². The molecule has 0 amide bonds. The molecule has 1 N–H and O–H groups in total. The largest absolute Gasteiger partial charge is 0.336 e. The molecule has 0 fully saturated rings. The van der Waals surface area contributed by atoms with Crippen LogP contribution in [0.4, 0.5) is 10.4 Å². The number of nitrogens with one attached hydrogen (secondary N) is 1. The lowest BCUT2D eigenvalue weighted by Crippen LogP contribution is -2.09. The third kappa shape index (κ3) is 2.22. The normalized spacial score (nSPS) is 11.2. The topological polar surface area (TPSA) is 51.0 Å². The minimum Gasteiger partial charge on any atom is -0.336 e. The van der Waals surface area contributed by atoms with E-state index in [-0.39, 0.29) is 11.9 Å². The molecule has 0 saturated carbocycles. The minimum atomic E-state index is -0.256. The number of rotatable bonds is 3. The van der Waals surface area contributed by atoms with Gasteiger partial charge in [-0.15, -0.1) is 0 Å². The van der Waals surface area contributed by atoms with E-state index in [0.717, 1.165) is 10.9 Å². The van der Waals surface area contributed by atoms with E-state index >= 15 is 0 Å². The second-order valence-corrected chi connectivity index (χ2v) is 4.86. The predicted molar refractivity (Wildman–Crippen MR) is 76.0 cm³/mol. The van der Waals surface area contributed by atoms with E-state index in [1.165, 1.54) is 6.07 Å². The second kappa shape index (κ2) is 4.92. The molecule has 0 unspecified atom stereocenters. The average Bonchev–Trinajstić information content (AvgIpc) is 2.87. The summed E-state index contributed by atoms with van der Waals surface area (Å²) in [5.74, 6) is 0.192. The second-order valence-electron chi connectivity index (χ2n) is 4.86. The van der Waals surface area contributed by atoms with Crippen molar-refractivity contribution in [3.63, 3.8) is 0 Å². The van der Waals surface area contributed by atoms with Crippen molar-refractivity contribution in [2.24, 2.45) is 0 Å². The predicted octanol–water partition coefficient (Wildman–Crippen LogP) is 3.85. The lowest BCUT2D eigenvalue weighted by Gasteiger charge is -2.04. The third-order valence-electron chi connectivity index (χ3n) is 2.95. The fourth-order valence-electron chi connectivity index (χ4n) is 2.10. The molecule has 0 aliphatic rings. The lowest BCUT2D eigenvalue weighted by atomic mass is 10.0. The summed E-state index contributed by atoms with van der Waals surface area (Å²) in [6.07, 6.45) is 0. The van der Waals surface area contributed by atoms with E-state index < -0.39 is 0 Å². The first kappa shape index (κ1) is 12.6. The van der Waals surface area contributed by atoms with Gasteiger partial charge in [0.05, 0.1) is 0 Å². The maximum atomic E-state index is 13.8. The van der Waals surface area contributed by atoms with Gasteiger partial charge in [-0.05, 0) is 31.4 Å². The van der Waals surface area contributed by atoms with E-state index in [4.69, 9.17) is 4.52 Å². The van der Waals surface area contributed by atoms with E-state index in [1.54, 1.807) is 18.2 Å². The molecule has 4 nitrogen and oxygen atoms in total. The Morgan fingerprint density at radius 2 is 1.85 bits per heavy atom. The molecule has 20 heavy (non-hydrogen) atoms. The molecule has 0 saturated heterocycles. The minimum absolute atomic E-state index is 0.202. The van der Waals surface area contributed by atoms with Crippen molar-refractivity contribution >= 4 is 16.8 Å². The standard InChI is InChI=1S/C15H14FN3O/c1-9(2)17-15-18-14(19-20-15)12-7-8-13(16)11-6-4-3-5-10(11)12/h3-9H,1-2H3,(H,17,18,19). The van der Waals surface area contributed by atoms with Gasteiger partial charge in [-0.2, -0.15) is 4.98 Å². The zero-order valence-electron chi connectivity index (χ0n) is 11.2. The highest BCUT2D eigenvalue weighted by Crippen LogP contribution is 2.29. The summed E-state index contributed by atoms with van der Waals surface area (Å²) in [5.41, 5.74) is 0.752. The molecular weight excluding hydrogens is 257 g/mol. The maximum Gasteiger partial charge on any atom is 0.321 e. The molecule has 5 heteroatoms. The number of nitrogens with zero attached hydrogens (tertiary/aromatic N) is 2. The Kier molecular flexibility index (Phi) is 3.10. The smallest absolute Gasteiger partial charge is 0.321 e. The van der Waals surface area contributed by atoms with Gasteiger partial charge in [0.1, 0.15) is 5.82 Å². The first-order valence-electron chi connectivity index (χ1n) is 6.43. The summed E-state index contributed by atoms with van der Waals surface area (Å²) < 4.78 is 18.9. The van der Waals surface area contributed by atoms with Crippen LogP contribution in [0.2, 0.25) is 0 Å². The molecule has 2 aromatic carbocycles. The number of hydrogen-bond donors (Lipinski definition) is 1. The van der Waals surface area contributed by atoms with Crippen molar-refractivity contribution in [1.29, 1.82) is 0 Å². The zero-order valence-corrected chi connectivity index (χ0v) is 11.2. The van der Waals surface area contributed by atoms with Gasteiger partial charge in [0, 0.05) is 17.0 Å². The van der Waals surface area contributed by atoms with Gasteiger partial charge < -0.3 is 9.84 Å². The first-order chi connectivity index (χ1) is 9.65. The fourth-order valence-corrected chi connectivity index (χ4v) is 2.10. The van der Waals surface area contributed by atoms with Gasteiger partial charge in [0.2, 0.25) is 5.82 Å². The van der Waals surface area contributed by atoms with Crippen LogP contribution in [0.5, 0.6) is 0 Å². The van der Waals surface area contributed by atoms with Gasteiger partial charge in [0.15, 0.2) is 0 Å². The number of halogens is 1. The van der Waals surface area contributed by atoms with Crippen molar-refractivity contribution in [1.82, 2.24) is 10.1 Å². The summed E-state index contributed by atoms with van der Waals surface area (Å²) >= 11 is 0. The van der Waals surface area contributed by atoms with Crippen LogP contribution in [0, 0.1) is 5.82 Å². The van der Waals surface area contributed by atoms with E-state index in [9.17, 15) is 4.39 Å². The molecule has 1 aromatic heterocycles. The van der Waals surface area contributed by atoms with Crippen LogP contribution in [0.15, 0.2) is 40.9 Å². The molecule has 102 valence electrons. The third-order valence-corrected chi connectivity index (χ3v) is 2.95. The molecule has 3 rings (SSSR count). The number of benzene rings is 2. The van der Waals surface area contributed by atoms with Gasteiger partial charge >= 0.3 is 6.01 Å². The monoisotopic (exact) mass is 271 g/mol. The molecule has 0 atom stereocenters. The van der Waals surface area contributed by atoms with Gasteiger partial charge in [-0.1, -0.05) is 29.4 Å². The summed E-state index contributed by atoms with van der Waals surface area (Å²) in [6.45, 7) is 3.97. The number of fused-ring (bicyclic) bond motifs is 1. The molecule has 0 radical (unpaired) electrons. The highest BCUT2D eigenvalue weighted by Gasteiger charge is 2.13. The van der Waals surface area contributed by atoms with Crippen LogP contribution in [0.3, 0.4) is 0 Å². The molecule has 0 aliphatic heterocycles. The van der Waals surface area contributed by atoms with E-state index in [2.05, 4.69) is 15.5 Å². The molecule has 1 heterocycles. The quantitative estimate of drug-likeness (QED) is 0.786. The number of hydrogen-bond acceptors (Lipinski definition) is 4. The lowest BCUT2D eigenvalue weighted by molar-refractivity contribution is 0.429. The van der Waals surface area contributed by atoms with Crippen LogP contribution in [0.1, 0.15) is 13.8 Å². The number of anilines is 1. The van der Waals surface area contributed by atoms with Gasteiger partial charge in [-0.3, -0.25) is 0 Å². The van der Waals surface area contributed by atoms with E-state index in [1.807, 2.05) is 26.0 Å². The van der Waals surface area contributed by atoms with Crippen molar-refractivity contribution in [3.8, 4) is 11.4 Å². The molecule has 0 bridgehead atoms. The van der Waals surface area contributed by atoms with Crippen LogP contribution < -0.4 is 5.32 Å². The highest BCUT2D eigenvalue weighted by molar-refractivity contribution is 5.95. The van der Waals surface area contributed by atoms with Crippen LogP contribution >= 0.6 is 0 Å². The summed E-state index contributed by atoms with van der Waals surface area (Å²) in [5, 5.41) is 8.31. The maximum absolute atomic E-state index is 13.8.